The predicted molar refractivity (Wildman–Crippen MR) is 119 cm³/mol. The lowest BCUT2D eigenvalue weighted by Crippen LogP contribution is -2.10. The van der Waals surface area contributed by atoms with Crippen LogP contribution in [0.2, 0.25) is 0 Å². The van der Waals surface area contributed by atoms with Crippen molar-refractivity contribution in [3.63, 3.8) is 0 Å². The molecule has 0 unspecified atom stereocenters. The standard InChI is InChI=1S/C22H19N3OS2/c1-14-5-7-15(8-6-14)19-22(25-20(23)18-4-3-13-27-18)28-21(24-19)16-9-11-17(26-2)12-10-16/h3-13H,1-2H3,(H2,23,25). The minimum Gasteiger partial charge on any atom is -0.497 e. The maximum Gasteiger partial charge on any atom is 0.146 e. The highest BCUT2D eigenvalue weighted by Crippen LogP contribution is 2.40. The average Bonchev–Trinajstić information content (AvgIpc) is 3.39. The van der Waals surface area contributed by atoms with Crippen molar-refractivity contribution in [2.75, 3.05) is 7.11 Å². The molecule has 28 heavy (non-hydrogen) atoms. The molecule has 4 aromatic rings. The van der Waals surface area contributed by atoms with E-state index >= 15 is 0 Å². The van der Waals surface area contributed by atoms with Gasteiger partial charge in [0.2, 0.25) is 0 Å². The molecule has 0 aliphatic carbocycles. The van der Waals surface area contributed by atoms with Gasteiger partial charge in [0.05, 0.1) is 12.0 Å². The summed E-state index contributed by atoms with van der Waals surface area (Å²) in [5.74, 6) is 1.33. The van der Waals surface area contributed by atoms with Gasteiger partial charge in [0.15, 0.2) is 0 Å². The predicted octanol–water partition coefficient (Wildman–Crippen LogP) is 5.89. The van der Waals surface area contributed by atoms with Gasteiger partial charge in [-0.15, -0.1) is 11.3 Å². The molecule has 4 nitrogen and oxygen atoms in total. The third kappa shape index (κ3) is 3.83. The Balaban J connectivity index is 1.81. The van der Waals surface area contributed by atoms with E-state index < -0.39 is 0 Å². The molecular weight excluding hydrogens is 386 g/mol. The first-order valence-corrected chi connectivity index (χ1v) is 10.4. The Kier molecular flexibility index (Phi) is 5.23. The molecule has 0 saturated heterocycles. The minimum absolute atomic E-state index is 0.508. The lowest BCUT2D eigenvalue weighted by Gasteiger charge is -2.01. The SMILES string of the molecule is COc1ccc(-c2nc(-c3ccc(C)cc3)c(/N=C(\N)c3cccs3)s2)cc1. The van der Waals surface area contributed by atoms with Crippen molar-refractivity contribution in [1.82, 2.24) is 4.98 Å². The maximum absolute atomic E-state index is 6.25. The monoisotopic (exact) mass is 405 g/mol. The molecule has 0 bridgehead atoms. The minimum atomic E-state index is 0.508. The number of benzene rings is 2. The Morgan fingerprint density at radius 1 is 1.00 bits per heavy atom. The summed E-state index contributed by atoms with van der Waals surface area (Å²) in [6.07, 6.45) is 0. The molecule has 0 fully saturated rings. The molecule has 0 saturated carbocycles. The van der Waals surface area contributed by atoms with E-state index in [-0.39, 0.29) is 0 Å². The zero-order valence-electron chi connectivity index (χ0n) is 15.5. The maximum atomic E-state index is 6.25. The number of hydrogen-bond acceptors (Lipinski definition) is 5. The third-order valence-electron chi connectivity index (χ3n) is 4.27. The van der Waals surface area contributed by atoms with Crippen molar-refractivity contribution in [2.24, 2.45) is 10.7 Å². The normalized spacial score (nSPS) is 11.6. The average molecular weight is 406 g/mol. The highest BCUT2D eigenvalue weighted by Gasteiger charge is 2.15. The van der Waals surface area contributed by atoms with E-state index in [4.69, 9.17) is 20.4 Å². The number of nitrogens with two attached hydrogens (primary N) is 1. The largest absolute Gasteiger partial charge is 0.497 e. The van der Waals surface area contributed by atoms with Gasteiger partial charge in [-0.25, -0.2) is 9.98 Å². The van der Waals surface area contributed by atoms with Crippen LogP contribution < -0.4 is 10.5 Å². The van der Waals surface area contributed by atoms with E-state index in [2.05, 4.69) is 31.2 Å². The van der Waals surface area contributed by atoms with Crippen molar-refractivity contribution in [1.29, 1.82) is 0 Å². The lowest BCUT2D eigenvalue weighted by molar-refractivity contribution is 0.415. The van der Waals surface area contributed by atoms with Gasteiger partial charge in [0.1, 0.15) is 27.3 Å². The highest BCUT2D eigenvalue weighted by atomic mass is 32.1. The highest BCUT2D eigenvalue weighted by molar-refractivity contribution is 7.19. The van der Waals surface area contributed by atoms with Gasteiger partial charge in [-0.2, -0.15) is 0 Å². The van der Waals surface area contributed by atoms with Crippen LogP contribution in [0.4, 0.5) is 5.00 Å². The summed E-state index contributed by atoms with van der Waals surface area (Å²) in [5, 5.41) is 3.70. The van der Waals surface area contributed by atoms with E-state index in [1.165, 1.54) is 16.9 Å². The summed E-state index contributed by atoms with van der Waals surface area (Å²) >= 11 is 3.11. The molecule has 0 amide bonds. The number of aromatic nitrogens is 1. The van der Waals surface area contributed by atoms with E-state index in [1.54, 1.807) is 18.4 Å². The van der Waals surface area contributed by atoms with Crippen LogP contribution in [0.5, 0.6) is 5.75 Å². The van der Waals surface area contributed by atoms with E-state index in [1.807, 2.05) is 41.8 Å². The fourth-order valence-electron chi connectivity index (χ4n) is 2.73. The molecule has 2 heterocycles. The molecule has 2 aromatic heterocycles. The molecule has 4 rings (SSSR count). The molecule has 2 N–H and O–H groups in total. The number of amidine groups is 1. The lowest BCUT2D eigenvalue weighted by atomic mass is 10.1. The zero-order chi connectivity index (χ0) is 19.5. The Hall–Kier alpha value is -2.96. The number of aryl methyl sites for hydroxylation is 1. The third-order valence-corrected chi connectivity index (χ3v) is 6.16. The van der Waals surface area contributed by atoms with Crippen molar-refractivity contribution < 1.29 is 4.74 Å². The first-order chi connectivity index (χ1) is 13.6. The van der Waals surface area contributed by atoms with Gasteiger partial charge in [-0.1, -0.05) is 47.2 Å². The van der Waals surface area contributed by atoms with Crippen LogP contribution in [0, 0.1) is 6.92 Å². The van der Waals surface area contributed by atoms with Crippen LogP contribution in [0.1, 0.15) is 10.4 Å². The Morgan fingerprint density at radius 2 is 1.71 bits per heavy atom. The summed E-state index contributed by atoms with van der Waals surface area (Å²) in [6.45, 7) is 2.07. The Labute approximate surface area is 172 Å². The number of methoxy groups -OCH3 is 1. The summed E-state index contributed by atoms with van der Waals surface area (Å²) in [6, 6.07) is 20.1. The van der Waals surface area contributed by atoms with Crippen LogP contribution >= 0.6 is 22.7 Å². The van der Waals surface area contributed by atoms with Gasteiger partial charge in [-0.3, -0.25) is 0 Å². The van der Waals surface area contributed by atoms with Gasteiger partial charge in [-0.05, 0) is 42.6 Å². The second kappa shape index (κ2) is 7.96. The molecule has 2 aromatic carbocycles. The smallest absolute Gasteiger partial charge is 0.146 e. The van der Waals surface area contributed by atoms with Crippen LogP contribution in [0.25, 0.3) is 21.8 Å². The van der Waals surface area contributed by atoms with Crippen LogP contribution in [-0.4, -0.2) is 17.9 Å². The molecule has 0 aliphatic rings. The number of thiophene rings is 1. The van der Waals surface area contributed by atoms with Crippen molar-refractivity contribution >= 4 is 33.5 Å². The van der Waals surface area contributed by atoms with E-state index in [9.17, 15) is 0 Å². The number of thiazole rings is 1. The molecular formula is C22H19N3OS2. The zero-order valence-corrected chi connectivity index (χ0v) is 17.2. The van der Waals surface area contributed by atoms with Gasteiger partial charge >= 0.3 is 0 Å². The fraction of sp³-hybridized carbons (Fsp3) is 0.0909. The summed E-state index contributed by atoms with van der Waals surface area (Å²) in [4.78, 5) is 10.6. The molecule has 0 spiro atoms. The quantitative estimate of drug-likeness (QED) is 0.332. The topological polar surface area (TPSA) is 60.5 Å². The van der Waals surface area contributed by atoms with Crippen molar-refractivity contribution in [3.05, 3.63) is 76.5 Å². The first-order valence-electron chi connectivity index (χ1n) is 8.74. The van der Waals surface area contributed by atoms with Crippen LogP contribution in [-0.2, 0) is 0 Å². The molecule has 140 valence electrons. The number of ether oxygens (including phenoxy) is 1. The number of hydrogen-bond donors (Lipinski definition) is 1. The summed E-state index contributed by atoms with van der Waals surface area (Å²) < 4.78 is 5.25. The van der Waals surface area contributed by atoms with Crippen molar-refractivity contribution in [3.8, 4) is 27.6 Å². The summed E-state index contributed by atoms with van der Waals surface area (Å²) in [5.41, 5.74) is 10.4. The Morgan fingerprint density at radius 3 is 2.36 bits per heavy atom. The second-order valence-electron chi connectivity index (χ2n) is 6.24. The molecule has 6 heteroatoms. The second-order valence-corrected chi connectivity index (χ2v) is 8.17. The number of aliphatic imine (C=N–C) groups is 1. The summed E-state index contributed by atoms with van der Waals surface area (Å²) in [7, 11) is 1.66. The molecule has 0 atom stereocenters. The molecule has 0 radical (unpaired) electrons. The van der Waals surface area contributed by atoms with Gasteiger partial charge in [0.25, 0.3) is 0 Å². The first kappa shape index (κ1) is 18.4. The van der Waals surface area contributed by atoms with Gasteiger partial charge in [0, 0.05) is 11.1 Å². The van der Waals surface area contributed by atoms with Crippen LogP contribution in [0.15, 0.2) is 71.0 Å². The Bertz CT molecular complexity index is 1100. The van der Waals surface area contributed by atoms with Gasteiger partial charge < -0.3 is 10.5 Å². The van der Waals surface area contributed by atoms with E-state index in [0.717, 1.165) is 37.5 Å². The number of rotatable bonds is 5. The number of nitrogens with zero attached hydrogens (tertiary/aromatic N) is 2. The molecule has 0 aliphatic heterocycles. The van der Waals surface area contributed by atoms with Crippen molar-refractivity contribution in [2.45, 2.75) is 6.92 Å². The van der Waals surface area contributed by atoms with E-state index in [0.29, 0.717) is 5.84 Å². The van der Waals surface area contributed by atoms with Crippen LogP contribution in [0.3, 0.4) is 0 Å². The fourth-order valence-corrected chi connectivity index (χ4v) is 4.34.